The molecule has 0 aromatic heterocycles. The van der Waals surface area contributed by atoms with Gasteiger partial charge in [0.25, 0.3) is 0 Å². The predicted octanol–water partition coefficient (Wildman–Crippen LogP) is 3.65. The lowest BCUT2D eigenvalue weighted by Crippen LogP contribution is -2.48. The number of nitrogens with one attached hydrogen (secondary N) is 1. The van der Waals surface area contributed by atoms with Gasteiger partial charge in [-0.25, -0.2) is 0 Å². The van der Waals surface area contributed by atoms with E-state index >= 15 is 0 Å². The molecular formula is C23H29ClN2O4. The van der Waals surface area contributed by atoms with Crippen LogP contribution in [0.4, 0.5) is 0 Å². The first-order valence-electron chi connectivity index (χ1n) is 10.0. The lowest BCUT2D eigenvalue weighted by molar-refractivity contribution is -0.134. The minimum absolute atomic E-state index is 0. The molecule has 1 unspecified atom stereocenters. The molecule has 1 amide bonds. The number of carbonyl (C=O) groups excluding carboxylic acids is 2. The van der Waals surface area contributed by atoms with Gasteiger partial charge in [-0.2, -0.15) is 0 Å². The Morgan fingerprint density at radius 3 is 2.53 bits per heavy atom. The summed E-state index contributed by atoms with van der Waals surface area (Å²) in [5, 5.41) is 3.35. The van der Waals surface area contributed by atoms with Gasteiger partial charge in [-0.05, 0) is 37.3 Å². The molecule has 0 radical (unpaired) electrons. The fraction of sp³-hybridized carbons (Fsp3) is 0.391. The summed E-state index contributed by atoms with van der Waals surface area (Å²) in [5.74, 6) is 1.46. The third-order valence-electron chi connectivity index (χ3n) is 5.11. The van der Waals surface area contributed by atoms with Crippen molar-refractivity contribution in [1.82, 2.24) is 10.2 Å². The first-order valence-corrected chi connectivity index (χ1v) is 10.0. The Morgan fingerprint density at radius 1 is 1.10 bits per heavy atom. The fourth-order valence-corrected chi connectivity index (χ4v) is 3.63. The number of nitrogens with zero attached hydrogens (tertiary/aromatic N) is 1. The summed E-state index contributed by atoms with van der Waals surface area (Å²) in [6.07, 6.45) is 0.382. The third-order valence-corrected chi connectivity index (χ3v) is 5.11. The van der Waals surface area contributed by atoms with Crippen LogP contribution in [0.5, 0.6) is 11.5 Å². The highest BCUT2D eigenvalue weighted by Crippen LogP contribution is 2.30. The number of benzene rings is 2. The zero-order valence-electron chi connectivity index (χ0n) is 17.4. The minimum atomic E-state index is -0.104. The maximum atomic E-state index is 12.9. The molecule has 0 saturated carbocycles. The van der Waals surface area contributed by atoms with Crippen LogP contribution < -0.4 is 14.8 Å². The molecule has 1 aliphatic heterocycles. The molecule has 2 aromatic rings. The highest BCUT2D eigenvalue weighted by atomic mass is 35.5. The average molecular weight is 433 g/mol. The molecule has 1 fully saturated rings. The van der Waals surface area contributed by atoms with E-state index in [1.807, 2.05) is 36.1 Å². The zero-order valence-corrected chi connectivity index (χ0v) is 18.2. The number of ketones is 1. The molecule has 6 nitrogen and oxygen atoms in total. The average Bonchev–Trinajstić information content (AvgIpc) is 2.78. The maximum Gasteiger partial charge on any atom is 0.223 e. The second-order valence-electron chi connectivity index (χ2n) is 6.93. The molecule has 1 heterocycles. The number of methoxy groups -OCH3 is 1. The van der Waals surface area contributed by atoms with Gasteiger partial charge in [-0.3, -0.25) is 9.59 Å². The van der Waals surface area contributed by atoms with Crippen molar-refractivity contribution in [3.05, 3.63) is 59.7 Å². The van der Waals surface area contributed by atoms with Crippen molar-refractivity contribution < 1.29 is 19.1 Å². The molecule has 162 valence electrons. The smallest absolute Gasteiger partial charge is 0.223 e. The number of hydrogen-bond acceptors (Lipinski definition) is 5. The van der Waals surface area contributed by atoms with Crippen molar-refractivity contribution in [2.45, 2.75) is 25.8 Å². The topological polar surface area (TPSA) is 67.9 Å². The summed E-state index contributed by atoms with van der Waals surface area (Å²) < 4.78 is 10.9. The Labute approximate surface area is 184 Å². The van der Waals surface area contributed by atoms with Crippen LogP contribution in [0.3, 0.4) is 0 Å². The standard InChI is InChI=1S/C23H28N2O4.ClH/c1-3-29-18-10-8-17(9-11-18)21(26)12-13-23(27)25-15-14-24-16-20(25)19-6-4-5-7-22(19)28-2;/h4-11,20,24H,3,12-16H2,1-2H3;1H. The van der Waals surface area contributed by atoms with Crippen LogP contribution in [0.2, 0.25) is 0 Å². The molecule has 0 spiro atoms. The van der Waals surface area contributed by atoms with Crippen molar-refractivity contribution in [3.63, 3.8) is 0 Å². The second-order valence-corrected chi connectivity index (χ2v) is 6.93. The van der Waals surface area contributed by atoms with Crippen molar-refractivity contribution >= 4 is 24.1 Å². The Balaban J connectivity index is 0.00000320. The number of rotatable bonds is 8. The highest BCUT2D eigenvalue weighted by molar-refractivity contribution is 5.98. The maximum absolute atomic E-state index is 12.9. The van der Waals surface area contributed by atoms with Gasteiger partial charge in [0.05, 0.1) is 19.8 Å². The molecule has 1 aliphatic rings. The van der Waals surface area contributed by atoms with Gasteiger partial charge in [0, 0.05) is 43.6 Å². The van der Waals surface area contributed by atoms with Crippen molar-refractivity contribution in [3.8, 4) is 11.5 Å². The molecule has 1 saturated heterocycles. The van der Waals surface area contributed by atoms with Gasteiger partial charge in [0.1, 0.15) is 11.5 Å². The molecule has 0 aliphatic carbocycles. The van der Waals surface area contributed by atoms with Crippen LogP contribution in [-0.4, -0.2) is 49.9 Å². The lowest BCUT2D eigenvalue weighted by Gasteiger charge is -2.37. The molecule has 30 heavy (non-hydrogen) atoms. The van der Waals surface area contributed by atoms with E-state index in [0.717, 1.165) is 23.6 Å². The minimum Gasteiger partial charge on any atom is -0.496 e. The lowest BCUT2D eigenvalue weighted by atomic mass is 10.0. The van der Waals surface area contributed by atoms with Gasteiger partial charge < -0.3 is 19.7 Å². The van der Waals surface area contributed by atoms with Gasteiger partial charge >= 0.3 is 0 Å². The Bertz CT molecular complexity index is 841. The second kappa shape index (κ2) is 11.6. The quantitative estimate of drug-likeness (QED) is 0.645. The van der Waals surface area contributed by atoms with E-state index in [-0.39, 0.29) is 43.0 Å². The summed E-state index contributed by atoms with van der Waals surface area (Å²) in [5.41, 5.74) is 1.58. The first-order chi connectivity index (χ1) is 14.1. The Morgan fingerprint density at radius 2 is 1.83 bits per heavy atom. The molecule has 2 aromatic carbocycles. The molecular weight excluding hydrogens is 404 g/mol. The summed E-state index contributed by atoms with van der Waals surface area (Å²) in [6, 6.07) is 14.7. The Hall–Kier alpha value is -2.57. The largest absolute Gasteiger partial charge is 0.496 e. The van der Waals surface area contributed by atoms with Gasteiger partial charge in [-0.15, -0.1) is 12.4 Å². The normalized spacial score (nSPS) is 15.8. The number of piperazine rings is 1. The van der Waals surface area contributed by atoms with Crippen LogP contribution in [0.15, 0.2) is 48.5 Å². The first kappa shape index (κ1) is 23.7. The van der Waals surface area contributed by atoms with E-state index < -0.39 is 0 Å². The highest BCUT2D eigenvalue weighted by Gasteiger charge is 2.29. The van der Waals surface area contributed by atoms with E-state index in [2.05, 4.69) is 5.32 Å². The van der Waals surface area contributed by atoms with Gasteiger partial charge in [0.2, 0.25) is 5.91 Å². The SMILES string of the molecule is CCOc1ccc(C(=O)CCC(=O)N2CCNCC2c2ccccc2OC)cc1.Cl. The van der Waals surface area contributed by atoms with Crippen LogP contribution in [0, 0.1) is 0 Å². The zero-order chi connectivity index (χ0) is 20.6. The fourth-order valence-electron chi connectivity index (χ4n) is 3.63. The van der Waals surface area contributed by atoms with Gasteiger partial charge in [-0.1, -0.05) is 18.2 Å². The number of amides is 1. The van der Waals surface area contributed by atoms with Gasteiger partial charge in [0.15, 0.2) is 5.78 Å². The van der Waals surface area contributed by atoms with Crippen molar-refractivity contribution in [1.29, 1.82) is 0 Å². The summed E-state index contributed by atoms with van der Waals surface area (Å²) in [4.78, 5) is 27.3. The molecule has 0 bridgehead atoms. The van der Waals surface area contributed by atoms with Crippen LogP contribution in [0.1, 0.15) is 41.7 Å². The van der Waals surface area contributed by atoms with E-state index in [9.17, 15) is 9.59 Å². The Kier molecular flexibility index (Phi) is 9.15. The number of hydrogen-bond donors (Lipinski definition) is 1. The monoisotopic (exact) mass is 432 g/mol. The summed E-state index contributed by atoms with van der Waals surface area (Å²) >= 11 is 0. The van der Waals surface area contributed by atoms with Crippen molar-refractivity contribution in [2.24, 2.45) is 0 Å². The number of para-hydroxylation sites is 1. The van der Waals surface area contributed by atoms with E-state index in [4.69, 9.17) is 9.47 Å². The number of carbonyl (C=O) groups is 2. The molecule has 1 N–H and O–H groups in total. The third kappa shape index (κ3) is 5.74. The summed E-state index contributed by atoms with van der Waals surface area (Å²) in [7, 11) is 1.64. The van der Waals surface area contributed by atoms with Crippen LogP contribution in [0.25, 0.3) is 0 Å². The van der Waals surface area contributed by atoms with E-state index in [1.54, 1.807) is 31.4 Å². The number of halogens is 1. The molecule has 3 rings (SSSR count). The van der Waals surface area contributed by atoms with Crippen molar-refractivity contribution in [2.75, 3.05) is 33.4 Å². The molecule has 1 atom stereocenters. The number of Topliss-reactive ketones (excluding diaryl/α,β-unsaturated/α-hetero) is 1. The predicted molar refractivity (Wildman–Crippen MR) is 119 cm³/mol. The van der Waals surface area contributed by atoms with Crippen LogP contribution >= 0.6 is 12.4 Å². The molecule has 7 heteroatoms. The number of ether oxygens (including phenoxy) is 2. The summed E-state index contributed by atoms with van der Waals surface area (Å²) in [6.45, 7) is 4.51. The van der Waals surface area contributed by atoms with E-state index in [0.29, 0.717) is 25.3 Å². The van der Waals surface area contributed by atoms with Crippen LogP contribution in [-0.2, 0) is 4.79 Å². The van der Waals surface area contributed by atoms with E-state index in [1.165, 1.54) is 0 Å².